The number of benzene rings is 1. The fourth-order valence-electron chi connectivity index (χ4n) is 1.73. The molecule has 21 heavy (non-hydrogen) atoms. The highest BCUT2D eigenvalue weighted by Gasteiger charge is 2.11. The predicted molar refractivity (Wildman–Crippen MR) is 79.2 cm³/mol. The highest BCUT2D eigenvalue weighted by molar-refractivity contribution is 6.02. The van der Waals surface area contributed by atoms with Gasteiger partial charge in [-0.15, -0.1) is 5.10 Å². The lowest BCUT2D eigenvalue weighted by Gasteiger charge is -2.10. The van der Waals surface area contributed by atoms with Gasteiger partial charge in [0, 0.05) is 12.2 Å². The van der Waals surface area contributed by atoms with Crippen LogP contribution in [0.3, 0.4) is 0 Å². The van der Waals surface area contributed by atoms with Crippen LogP contribution in [0, 0.1) is 0 Å². The number of amides is 1. The molecule has 2 rings (SSSR count). The Balaban J connectivity index is 1.98. The molecule has 112 valence electrons. The van der Waals surface area contributed by atoms with Gasteiger partial charge in [-0.2, -0.15) is 0 Å². The SMILES string of the molecule is CC(C)Oc1ccc(NC(=O)c2cn(CCN)nn2)cc1. The monoisotopic (exact) mass is 289 g/mol. The number of hydrogen-bond donors (Lipinski definition) is 2. The molecule has 7 nitrogen and oxygen atoms in total. The molecule has 1 aromatic heterocycles. The van der Waals surface area contributed by atoms with Gasteiger partial charge < -0.3 is 15.8 Å². The molecule has 0 atom stereocenters. The van der Waals surface area contributed by atoms with Gasteiger partial charge in [0.15, 0.2) is 5.69 Å². The molecule has 0 radical (unpaired) electrons. The number of carbonyl (C=O) groups excluding carboxylic acids is 1. The number of nitrogens with one attached hydrogen (secondary N) is 1. The Morgan fingerprint density at radius 1 is 1.38 bits per heavy atom. The van der Waals surface area contributed by atoms with Gasteiger partial charge in [-0.3, -0.25) is 9.48 Å². The molecule has 1 amide bonds. The Morgan fingerprint density at radius 3 is 2.71 bits per heavy atom. The molecule has 1 heterocycles. The van der Waals surface area contributed by atoms with Crippen molar-refractivity contribution in [3.8, 4) is 5.75 Å². The van der Waals surface area contributed by atoms with Crippen LogP contribution in [0.5, 0.6) is 5.75 Å². The standard InChI is InChI=1S/C14H19N5O2/c1-10(2)21-12-5-3-11(4-6-12)16-14(20)13-9-19(8-7-15)18-17-13/h3-6,9-10H,7-8,15H2,1-2H3,(H,16,20). The summed E-state index contributed by atoms with van der Waals surface area (Å²) in [5.41, 5.74) is 6.34. The fraction of sp³-hybridized carbons (Fsp3) is 0.357. The minimum absolute atomic E-state index is 0.114. The average molecular weight is 289 g/mol. The molecule has 2 aromatic rings. The number of hydrogen-bond acceptors (Lipinski definition) is 5. The Bertz CT molecular complexity index is 592. The summed E-state index contributed by atoms with van der Waals surface area (Å²) in [6.07, 6.45) is 1.68. The van der Waals surface area contributed by atoms with E-state index in [2.05, 4.69) is 15.6 Å². The van der Waals surface area contributed by atoms with Crippen molar-refractivity contribution in [2.24, 2.45) is 5.73 Å². The number of nitrogens with zero attached hydrogens (tertiary/aromatic N) is 3. The van der Waals surface area contributed by atoms with Crippen molar-refractivity contribution < 1.29 is 9.53 Å². The van der Waals surface area contributed by atoms with E-state index in [9.17, 15) is 4.79 Å². The Hall–Kier alpha value is -2.41. The molecule has 0 saturated heterocycles. The first-order valence-corrected chi connectivity index (χ1v) is 6.76. The van der Waals surface area contributed by atoms with Gasteiger partial charge in [-0.25, -0.2) is 0 Å². The molecular formula is C14H19N5O2. The lowest BCUT2D eigenvalue weighted by molar-refractivity contribution is 0.102. The summed E-state index contributed by atoms with van der Waals surface area (Å²) >= 11 is 0. The van der Waals surface area contributed by atoms with Crippen LogP contribution in [0.1, 0.15) is 24.3 Å². The van der Waals surface area contributed by atoms with E-state index in [4.69, 9.17) is 10.5 Å². The zero-order chi connectivity index (χ0) is 15.2. The molecule has 7 heteroatoms. The highest BCUT2D eigenvalue weighted by atomic mass is 16.5. The van der Waals surface area contributed by atoms with E-state index in [0.717, 1.165) is 5.75 Å². The van der Waals surface area contributed by atoms with Crippen LogP contribution >= 0.6 is 0 Å². The van der Waals surface area contributed by atoms with Crippen molar-refractivity contribution >= 4 is 11.6 Å². The van der Waals surface area contributed by atoms with Crippen LogP contribution in [-0.4, -0.2) is 33.5 Å². The third-order valence-corrected chi connectivity index (χ3v) is 2.61. The van der Waals surface area contributed by atoms with Crippen LogP contribution in [0.4, 0.5) is 5.69 Å². The van der Waals surface area contributed by atoms with Gasteiger partial charge in [0.25, 0.3) is 5.91 Å². The van der Waals surface area contributed by atoms with Crippen molar-refractivity contribution in [1.29, 1.82) is 0 Å². The maximum atomic E-state index is 12.0. The summed E-state index contributed by atoms with van der Waals surface area (Å²) in [5.74, 6) is 0.452. The van der Waals surface area contributed by atoms with E-state index >= 15 is 0 Å². The Kier molecular flexibility index (Phi) is 4.89. The third-order valence-electron chi connectivity index (χ3n) is 2.61. The van der Waals surface area contributed by atoms with E-state index in [1.54, 1.807) is 30.5 Å². The summed E-state index contributed by atoms with van der Waals surface area (Å²) in [6.45, 7) is 4.89. The maximum Gasteiger partial charge on any atom is 0.277 e. The zero-order valence-corrected chi connectivity index (χ0v) is 12.1. The van der Waals surface area contributed by atoms with Crippen LogP contribution in [-0.2, 0) is 6.54 Å². The Morgan fingerprint density at radius 2 is 2.10 bits per heavy atom. The number of ether oxygens (including phenoxy) is 1. The first-order chi connectivity index (χ1) is 10.1. The number of nitrogens with two attached hydrogens (primary N) is 1. The quantitative estimate of drug-likeness (QED) is 0.835. The third kappa shape index (κ3) is 4.28. The average Bonchev–Trinajstić information content (AvgIpc) is 2.89. The van der Waals surface area contributed by atoms with Gasteiger partial charge in [0.2, 0.25) is 0 Å². The minimum atomic E-state index is -0.309. The van der Waals surface area contributed by atoms with Crippen molar-refractivity contribution in [2.45, 2.75) is 26.5 Å². The van der Waals surface area contributed by atoms with E-state index in [1.807, 2.05) is 13.8 Å². The number of rotatable bonds is 6. The largest absolute Gasteiger partial charge is 0.491 e. The zero-order valence-electron chi connectivity index (χ0n) is 12.1. The maximum absolute atomic E-state index is 12.0. The summed E-state index contributed by atoms with van der Waals surface area (Å²) in [6, 6.07) is 7.17. The Labute approximate surface area is 123 Å². The van der Waals surface area contributed by atoms with Gasteiger partial charge in [0.1, 0.15) is 5.75 Å². The summed E-state index contributed by atoms with van der Waals surface area (Å²) in [4.78, 5) is 12.0. The predicted octanol–water partition coefficient (Wildman–Crippen LogP) is 1.28. The molecule has 0 fully saturated rings. The first-order valence-electron chi connectivity index (χ1n) is 6.76. The van der Waals surface area contributed by atoms with Gasteiger partial charge in [0.05, 0.1) is 18.8 Å². The van der Waals surface area contributed by atoms with E-state index in [0.29, 0.717) is 18.8 Å². The van der Waals surface area contributed by atoms with Crippen LogP contribution in [0.2, 0.25) is 0 Å². The topological polar surface area (TPSA) is 95.1 Å². The van der Waals surface area contributed by atoms with Gasteiger partial charge in [-0.05, 0) is 38.1 Å². The molecular weight excluding hydrogens is 270 g/mol. The molecule has 0 unspecified atom stereocenters. The first kappa shape index (κ1) is 15.0. The van der Waals surface area contributed by atoms with E-state index < -0.39 is 0 Å². The second kappa shape index (κ2) is 6.85. The van der Waals surface area contributed by atoms with Crippen molar-refractivity contribution in [3.05, 3.63) is 36.2 Å². The summed E-state index contributed by atoms with van der Waals surface area (Å²) in [5, 5.41) is 10.4. The molecule has 0 aliphatic heterocycles. The normalized spacial score (nSPS) is 10.7. The second-order valence-corrected chi connectivity index (χ2v) is 4.80. The minimum Gasteiger partial charge on any atom is -0.491 e. The van der Waals surface area contributed by atoms with E-state index in [1.165, 1.54) is 4.68 Å². The molecule has 1 aromatic carbocycles. The highest BCUT2D eigenvalue weighted by Crippen LogP contribution is 2.17. The number of anilines is 1. The number of aromatic nitrogens is 3. The van der Waals surface area contributed by atoms with Gasteiger partial charge in [-0.1, -0.05) is 5.21 Å². The van der Waals surface area contributed by atoms with Crippen LogP contribution in [0.25, 0.3) is 0 Å². The molecule has 3 N–H and O–H groups in total. The smallest absolute Gasteiger partial charge is 0.277 e. The molecule has 0 aliphatic carbocycles. The summed E-state index contributed by atoms with van der Waals surface area (Å²) in [7, 11) is 0. The van der Waals surface area contributed by atoms with E-state index in [-0.39, 0.29) is 17.7 Å². The van der Waals surface area contributed by atoms with Crippen molar-refractivity contribution in [1.82, 2.24) is 15.0 Å². The van der Waals surface area contributed by atoms with Gasteiger partial charge >= 0.3 is 0 Å². The molecule has 0 spiro atoms. The van der Waals surface area contributed by atoms with Crippen molar-refractivity contribution in [3.63, 3.8) is 0 Å². The number of carbonyl (C=O) groups is 1. The lowest BCUT2D eigenvalue weighted by atomic mass is 10.3. The lowest BCUT2D eigenvalue weighted by Crippen LogP contribution is -2.13. The molecule has 0 aliphatic rings. The van der Waals surface area contributed by atoms with Crippen LogP contribution in [0.15, 0.2) is 30.5 Å². The van der Waals surface area contributed by atoms with Crippen molar-refractivity contribution in [2.75, 3.05) is 11.9 Å². The molecule has 0 bridgehead atoms. The van der Waals surface area contributed by atoms with Crippen LogP contribution < -0.4 is 15.8 Å². The second-order valence-electron chi connectivity index (χ2n) is 4.80. The fourth-order valence-corrected chi connectivity index (χ4v) is 1.73. The summed E-state index contributed by atoms with van der Waals surface area (Å²) < 4.78 is 7.08. The molecule has 0 saturated carbocycles.